The van der Waals surface area contributed by atoms with Gasteiger partial charge in [0.15, 0.2) is 5.79 Å². The van der Waals surface area contributed by atoms with Crippen molar-refractivity contribution in [1.29, 1.82) is 0 Å². The molecule has 2 rings (SSSR count). The molecule has 0 aromatic carbocycles. The van der Waals surface area contributed by atoms with Crippen LogP contribution in [-0.2, 0) is 38.1 Å². The van der Waals surface area contributed by atoms with Gasteiger partial charge in [-0.25, -0.2) is 4.79 Å². The molecule has 2 saturated heterocycles. The van der Waals surface area contributed by atoms with Crippen molar-refractivity contribution in [3.05, 3.63) is 10.4 Å². The summed E-state index contributed by atoms with van der Waals surface area (Å²) in [5.74, 6) is -2.79. The highest BCUT2D eigenvalue weighted by atomic mass is 16.8. The first-order valence-electron chi connectivity index (χ1n) is 12.3. The fourth-order valence-electron chi connectivity index (χ4n) is 4.11. The van der Waals surface area contributed by atoms with Crippen molar-refractivity contribution >= 4 is 17.8 Å². The minimum absolute atomic E-state index is 0.0298. The zero-order chi connectivity index (χ0) is 28.2. The third-order valence-electron chi connectivity index (χ3n) is 5.39. The van der Waals surface area contributed by atoms with Gasteiger partial charge in [-0.2, -0.15) is 0 Å². The minimum atomic E-state index is -1.14. The average molecular weight is 529 g/mol. The Kier molecular flexibility index (Phi) is 9.94. The molecule has 210 valence electrons. The number of fused-ring (bicyclic) bond motifs is 1. The van der Waals surface area contributed by atoms with Crippen molar-refractivity contribution in [3.8, 4) is 0 Å². The lowest BCUT2D eigenvalue weighted by Crippen LogP contribution is -2.58. The highest BCUT2D eigenvalue weighted by molar-refractivity contribution is 5.85. The summed E-state index contributed by atoms with van der Waals surface area (Å²) >= 11 is 0. The molecule has 1 amide bonds. The average Bonchev–Trinajstić information content (AvgIpc) is 3.05. The Morgan fingerprint density at radius 3 is 2.22 bits per heavy atom. The molecule has 0 spiro atoms. The van der Waals surface area contributed by atoms with Crippen LogP contribution in [0.3, 0.4) is 0 Å². The van der Waals surface area contributed by atoms with Gasteiger partial charge in [0, 0.05) is 11.3 Å². The third kappa shape index (κ3) is 9.75. The lowest BCUT2D eigenvalue weighted by atomic mass is 9.93. The summed E-state index contributed by atoms with van der Waals surface area (Å²) in [4.78, 5) is 40.8. The Morgan fingerprint density at radius 1 is 1.05 bits per heavy atom. The fraction of sp³-hybridized carbons (Fsp3) is 0.875. The van der Waals surface area contributed by atoms with Crippen molar-refractivity contribution < 1.29 is 43.2 Å². The number of carbonyl (C=O) groups is 3. The Balaban J connectivity index is 2.14. The maximum atomic E-state index is 13.1. The van der Waals surface area contributed by atoms with Crippen LogP contribution in [-0.4, -0.2) is 83.0 Å². The van der Waals surface area contributed by atoms with Crippen LogP contribution in [0, 0.1) is 0 Å². The molecule has 13 heteroatoms. The Bertz CT molecular complexity index is 890. The van der Waals surface area contributed by atoms with E-state index in [0.29, 0.717) is 0 Å². The number of nitrogens with one attached hydrogen (secondary N) is 1. The van der Waals surface area contributed by atoms with E-state index in [4.69, 9.17) is 29.2 Å². The van der Waals surface area contributed by atoms with Crippen LogP contribution in [0.25, 0.3) is 10.4 Å². The molecule has 2 heterocycles. The Morgan fingerprint density at radius 2 is 1.65 bits per heavy atom. The molecular formula is C24H40N4O9. The maximum Gasteiger partial charge on any atom is 0.329 e. The van der Waals surface area contributed by atoms with Gasteiger partial charge in [-0.05, 0) is 67.3 Å². The number of azide groups is 1. The molecule has 0 aliphatic carbocycles. The van der Waals surface area contributed by atoms with E-state index in [1.165, 1.54) is 0 Å². The predicted octanol–water partition coefficient (Wildman–Crippen LogP) is 2.28. The second-order valence-electron chi connectivity index (χ2n) is 11.7. The zero-order valence-corrected chi connectivity index (χ0v) is 22.8. The van der Waals surface area contributed by atoms with Gasteiger partial charge in [0.2, 0.25) is 5.91 Å². The van der Waals surface area contributed by atoms with E-state index in [1.54, 1.807) is 55.4 Å². The second kappa shape index (κ2) is 12.0. The number of esters is 2. The van der Waals surface area contributed by atoms with E-state index >= 15 is 0 Å². The van der Waals surface area contributed by atoms with Gasteiger partial charge in [-0.1, -0.05) is 5.11 Å². The molecule has 0 bridgehead atoms. The first kappa shape index (κ1) is 30.8. The van der Waals surface area contributed by atoms with E-state index in [2.05, 4.69) is 15.3 Å². The van der Waals surface area contributed by atoms with Crippen molar-refractivity contribution in [1.82, 2.24) is 5.32 Å². The van der Waals surface area contributed by atoms with Crippen LogP contribution in [0.1, 0.15) is 74.7 Å². The standard InChI is InChI=1S/C24H40N4O9/c1-22(2,3)34-17(30)10-9-13(21(32)37-23(4,5)6)27-16(29)11-14-19-20(36-24(7,8)35-19)18(31)15(33-14)12-26-28-25/h13-15,18-20,31H,9-12H2,1-8H3,(H,27,29)/t13-,14-,15+,18+,19+,20-/m0/s1. The summed E-state index contributed by atoms with van der Waals surface area (Å²) in [5, 5.41) is 16.8. The van der Waals surface area contributed by atoms with Crippen LogP contribution in [0.4, 0.5) is 0 Å². The molecule has 0 saturated carbocycles. The van der Waals surface area contributed by atoms with E-state index < -0.39 is 71.4 Å². The molecule has 0 unspecified atom stereocenters. The largest absolute Gasteiger partial charge is 0.460 e. The minimum Gasteiger partial charge on any atom is -0.460 e. The van der Waals surface area contributed by atoms with Gasteiger partial charge < -0.3 is 34.1 Å². The number of hydrogen-bond donors (Lipinski definition) is 2. The van der Waals surface area contributed by atoms with Crippen molar-refractivity contribution in [2.45, 2.75) is 128 Å². The van der Waals surface area contributed by atoms with Crippen molar-refractivity contribution in [2.75, 3.05) is 6.54 Å². The smallest absolute Gasteiger partial charge is 0.329 e. The molecular weight excluding hydrogens is 488 g/mol. The van der Waals surface area contributed by atoms with E-state index in [-0.39, 0.29) is 25.8 Å². The Hall–Kier alpha value is -2.44. The fourth-order valence-corrected chi connectivity index (χ4v) is 4.11. The van der Waals surface area contributed by atoms with Crippen molar-refractivity contribution in [2.24, 2.45) is 5.11 Å². The molecule has 2 aliphatic heterocycles. The van der Waals surface area contributed by atoms with Crippen molar-refractivity contribution in [3.63, 3.8) is 0 Å². The first-order chi connectivity index (χ1) is 16.9. The van der Waals surface area contributed by atoms with Gasteiger partial charge >= 0.3 is 11.9 Å². The molecule has 6 atom stereocenters. The number of carbonyl (C=O) groups excluding carboxylic acids is 3. The quantitative estimate of drug-likeness (QED) is 0.196. The molecule has 0 aromatic heterocycles. The number of rotatable bonds is 9. The van der Waals surface area contributed by atoms with E-state index in [9.17, 15) is 19.5 Å². The number of amides is 1. The highest BCUT2D eigenvalue weighted by Crippen LogP contribution is 2.38. The van der Waals surface area contributed by atoms with Crippen LogP contribution < -0.4 is 5.32 Å². The number of aliphatic hydroxyl groups is 1. The first-order valence-corrected chi connectivity index (χ1v) is 12.3. The summed E-state index contributed by atoms with van der Waals surface area (Å²) < 4.78 is 28.3. The number of aliphatic hydroxyl groups excluding tert-OH is 1. The lowest BCUT2D eigenvalue weighted by Gasteiger charge is -2.39. The summed E-state index contributed by atoms with van der Waals surface area (Å²) in [6.45, 7) is 13.5. The zero-order valence-electron chi connectivity index (χ0n) is 22.8. The molecule has 13 nitrogen and oxygen atoms in total. The van der Waals surface area contributed by atoms with Gasteiger partial charge in [-0.3, -0.25) is 9.59 Å². The molecule has 2 fully saturated rings. The van der Waals surface area contributed by atoms with Crippen LogP contribution in [0.15, 0.2) is 5.11 Å². The molecule has 2 aliphatic rings. The number of ether oxygens (including phenoxy) is 5. The van der Waals surface area contributed by atoms with Gasteiger partial charge in [0.1, 0.15) is 35.6 Å². The highest BCUT2D eigenvalue weighted by Gasteiger charge is 2.54. The normalized spacial score (nSPS) is 27.9. The van der Waals surface area contributed by atoms with Gasteiger partial charge in [0.05, 0.1) is 25.2 Å². The SMILES string of the molecule is CC(C)(C)OC(=O)CC[C@H](NC(=O)C[C@@H]1O[C@H](CN=[N+]=[N-])[C@@H](O)[C@@H]2OC(C)(C)O[C@@H]21)C(=O)OC(C)(C)C. The topological polar surface area (TPSA) is 178 Å². The monoisotopic (exact) mass is 528 g/mol. The second-order valence-corrected chi connectivity index (χ2v) is 11.7. The van der Waals surface area contributed by atoms with Crippen LogP contribution in [0.2, 0.25) is 0 Å². The lowest BCUT2D eigenvalue weighted by molar-refractivity contribution is -0.186. The van der Waals surface area contributed by atoms with Gasteiger partial charge in [0.25, 0.3) is 0 Å². The molecule has 0 radical (unpaired) electrons. The van der Waals surface area contributed by atoms with E-state index in [1.807, 2.05) is 0 Å². The maximum absolute atomic E-state index is 13.1. The van der Waals surface area contributed by atoms with Gasteiger partial charge in [-0.15, -0.1) is 0 Å². The molecule has 37 heavy (non-hydrogen) atoms. The van der Waals surface area contributed by atoms with Crippen LogP contribution in [0.5, 0.6) is 0 Å². The third-order valence-corrected chi connectivity index (χ3v) is 5.39. The summed E-state index contributed by atoms with van der Waals surface area (Å²) in [6.07, 6.45) is -4.89. The van der Waals surface area contributed by atoms with E-state index in [0.717, 1.165) is 0 Å². The summed E-state index contributed by atoms with van der Waals surface area (Å²) in [7, 11) is 0. The Labute approximate surface area is 217 Å². The number of nitrogens with zero attached hydrogens (tertiary/aromatic N) is 3. The summed E-state index contributed by atoms with van der Waals surface area (Å²) in [6, 6.07) is -1.11. The number of hydrogen-bond acceptors (Lipinski definition) is 10. The summed E-state index contributed by atoms with van der Waals surface area (Å²) in [5.41, 5.74) is 7.17. The molecule has 2 N–H and O–H groups in total. The van der Waals surface area contributed by atoms with Crippen LogP contribution >= 0.6 is 0 Å². The predicted molar refractivity (Wildman–Crippen MR) is 130 cm³/mol. The molecule has 0 aromatic rings.